The third-order valence-corrected chi connectivity index (χ3v) is 17.2. The first-order valence-corrected chi connectivity index (χ1v) is 30.3. The van der Waals surface area contributed by atoms with E-state index >= 15 is 0 Å². The van der Waals surface area contributed by atoms with E-state index in [4.69, 9.17) is 19.9 Å². The molecule has 0 fully saturated rings. The van der Waals surface area contributed by atoms with E-state index in [0.717, 1.165) is 72.2 Å². The van der Waals surface area contributed by atoms with Crippen molar-refractivity contribution in [3.8, 4) is 101 Å². The summed E-state index contributed by atoms with van der Waals surface area (Å²) in [5.41, 5.74) is 30.2. The summed E-state index contributed by atoms with van der Waals surface area (Å²) in [6.45, 7) is 17.5. The molecule has 0 aliphatic carbocycles. The smallest absolute Gasteiger partial charge is 0.164 e. The molecule has 0 aliphatic heterocycles. The van der Waals surface area contributed by atoms with Crippen molar-refractivity contribution >= 4 is 43.6 Å². The fourth-order valence-corrected chi connectivity index (χ4v) is 13.6. The molecule has 0 unspecified atom stereocenters. The molecule has 15 aromatic rings. The number of hydrogen-bond donors (Lipinski definition) is 0. The molecular weight excluding hydrogens is 1070 g/mol. The van der Waals surface area contributed by atoms with E-state index in [1.54, 1.807) is 0 Å². The Morgan fingerprint density at radius 3 is 0.943 bits per heavy atom. The molecule has 0 aliphatic rings. The van der Waals surface area contributed by atoms with Gasteiger partial charge in [0.15, 0.2) is 17.5 Å². The van der Waals surface area contributed by atoms with Crippen molar-refractivity contribution in [3.05, 3.63) is 287 Å². The number of benzene rings is 11. The van der Waals surface area contributed by atoms with Crippen molar-refractivity contribution < 1.29 is 0 Å². The summed E-state index contributed by atoms with van der Waals surface area (Å²) in [6, 6.07) is 86.7. The van der Waals surface area contributed by atoms with Gasteiger partial charge in [0.2, 0.25) is 0 Å². The summed E-state index contributed by atoms with van der Waals surface area (Å²) in [6.07, 6.45) is 1.97. The van der Waals surface area contributed by atoms with E-state index in [1.807, 2.05) is 42.6 Å². The van der Waals surface area contributed by atoms with Crippen LogP contribution in [0.1, 0.15) is 44.5 Å². The van der Waals surface area contributed by atoms with Crippen LogP contribution in [0.2, 0.25) is 0 Å². The van der Waals surface area contributed by atoms with E-state index in [-0.39, 0.29) is 0 Å². The summed E-state index contributed by atoms with van der Waals surface area (Å²) in [5.74, 6) is 1.77. The van der Waals surface area contributed by atoms with Crippen LogP contribution in [0.3, 0.4) is 0 Å². The van der Waals surface area contributed by atoms with Crippen LogP contribution in [-0.2, 0) is 0 Å². The summed E-state index contributed by atoms with van der Waals surface area (Å²) < 4.78 is 4.86. The van der Waals surface area contributed by atoms with Gasteiger partial charge in [-0.25, -0.2) is 15.0 Å². The van der Waals surface area contributed by atoms with Gasteiger partial charge in [-0.05, 0) is 179 Å². The molecule has 0 bridgehead atoms. The number of pyridine rings is 1. The Morgan fingerprint density at radius 1 is 0.250 bits per heavy atom. The van der Waals surface area contributed by atoms with Crippen molar-refractivity contribution in [2.75, 3.05) is 0 Å². The van der Waals surface area contributed by atoms with Crippen LogP contribution >= 0.6 is 0 Å². The van der Waals surface area contributed by atoms with E-state index in [2.05, 4.69) is 265 Å². The lowest BCUT2D eigenvalue weighted by molar-refractivity contribution is 1.07. The highest BCUT2D eigenvalue weighted by Gasteiger charge is 2.23. The largest absolute Gasteiger partial charge is 0.309 e. The first-order valence-electron chi connectivity index (χ1n) is 30.3. The SMILES string of the molecule is Cc1cc(C)cc(-c2ccc3c(c2)c2cc(-c4cc(C)cc(C)c4)ccc2n3-c2ccnc(-c3cc(-c4nc(-c5ccccc5)nc(-c5ccccc5)n4)ccc3-n3c4ccc(-c5cc(C)cc(C)c5)cc4c4cc(-c5cc(C)cc(C)c5)ccc43)c2)c1. The van der Waals surface area contributed by atoms with E-state index in [0.29, 0.717) is 17.5 Å². The highest BCUT2D eigenvalue weighted by Crippen LogP contribution is 2.43. The molecule has 0 atom stereocenters. The van der Waals surface area contributed by atoms with Crippen LogP contribution in [0.25, 0.3) is 145 Å². The molecule has 15 rings (SSSR count). The normalized spacial score (nSPS) is 11.6. The van der Waals surface area contributed by atoms with Crippen molar-refractivity contribution in [1.82, 2.24) is 29.1 Å². The Bertz CT molecular complexity index is 4940. The molecule has 0 saturated heterocycles. The van der Waals surface area contributed by atoms with Crippen LogP contribution in [0.5, 0.6) is 0 Å². The molecule has 0 amide bonds. The Labute approximate surface area is 513 Å². The minimum absolute atomic E-state index is 0.566. The van der Waals surface area contributed by atoms with Crippen LogP contribution in [0, 0.1) is 55.4 Å². The number of aromatic nitrogens is 6. The van der Waals surface area contributed by atoms with Crippen molar-refractivity contribution in [2.45, 2.75) is 55.4 Å². The van der Waals surface area contributed by atoms with Crippen molar-refractivity contribution in [2.24, 2.45) is 0 Å². The third-order valence-electron chi connectivity index (χ3n) is 17.2. The Kier molecular flexibility index (Phi) is 13.2. The molecular formula is C82H64N6. The molecule has 11 aromatic carbocycles. The van der Waals surface area contributed by atoms with Gasteiger partial charge in [0.05, 0.1) is 33.4 Å². The van der Waals surface area contributed by atoms with Gasteiger partial charge in [-0.15, -0.1) is 0 Å². The van der Waals surface area contributed by atoms with Gasteiger partial charge in [-0.3, -0.25) is 4.98 Å². The van der Waals surface area contributed by atoms with Crippen LogP contribution in [-0.4, -0.2) is 29.1 Å². The van der Waals surface area contributed by atoms with Gasteiger partial charge in [-0.1, -0.05) is 202 Å². The minimum Gasteiger partial charge on any atom is -0.309 e. The average Bonchev–Trinajstić information content (AvgIpc) is 1.61. The Balaban J connectivity index is 0.987. The second-order valence-electron chi connectivity index (χ2n) is 24.3. The maximum absolute atomic E-state index is 5.38. The first-order chi connectivity index (χ1) is 42.8. The predicted octanol–water partition coefficient (Wildman–Crippen LogP) is 21.3. The highest BCUT2D eigenvalue weighted by molar-refractivity contribution is 6.13. The van der Waals surface area contributed by atoms with Gasteiger partial charge in [-0.2, -0.15) is 0 Å². The van der Waals surface area contributed by atoms with Gasteiger partial charge in [0, 0.05) is 55.7 Å². The number of rotatable bonds is 10. The van der Waals surface area contributed by atoms with E-state index in [9.17, 15) is 0 Å². The second kappa shape index (κ2) is 21.6. The number of fused-ring (bicyclic) bond motifs is 6. The molecule has 0 saturated carbocycles. The minimum atomic E-state index is 0.566. The number of nitrogens with zero attached hydrogens (tertiary/aromatic N) is 6. The van der Waals surface area contributed by atoms with E-state index < -0.39 is 0 Å². The summed E-state index contributed by atoms with van der Waals surface area (Å²) >= 11 is 0. The lowest BCUT2D eigenvalue weighted by Crippen LogP contribution is -2.03. The third kappa shape index (κ3) is 9.92. The molecule has 88 heavy (non-hydrogen) atoms. The first kappa shape index (κ1) is 53.9. The van der Waals surface area contributed by atoms with Gasteiger partial charge in [0.1, 0.15) is 0 Å². The lowest BCUT2D eigenvalue weighted by Gasteiger charge is -2.17. The van der Waals surface area contributed by atoms with Gasteiger partial charge < -0.3 is 9.13 Å². The lowest BCUT2D eigenvalue weighted by atomic mass is 9.97. The topological polar surface area (TPSA) is 61.4 Å². The van der Waals surface area contributed by atoms with Gasteiger partial charge in [0.25, 0.3) is 0 Å². The second-order valence-corrected chi connectivity index (χ2v) is 24.3. The molecule has 4 aromatic heterocycles. The fraction of sp³-hybridized carbons (Fsp3) is 0.0976. The molecule has 4 heterocycles. The monoisotopic (exact) mass is 1130 g/mol. The molecule has 6 heteroatoms. The zero-order valence-electron chi connectivity index (χ0n) is 50.8. The molecule has 0 spiro atoms. The molecule has 0 N–H and O–H groups in total. The summed E-state index contributed by atoms with van der Waals surface area (Å²) in [5, 5.41) is 4.70. The molecule has 422 valence electrons. The maximum atomic E-state index is 5.38. The standard InChI is InChI=1S/C82H64N6/c1-49-31-50(2)36-64(35-49)59-19-24-75-69(43-59)70-44-60(65-37-51(3)32-52(4)38-65)20-25-76(70)87(75)68-29-30-83-74(48-68)73-47-63(82-85-80(57-15-11-9-12-16-57)84-81(86-82)58-17-13-10-14-18-58)23-28-79(73)88-77-26-21-61(66-39-53(5)33-54(6)40-66)45-71(77)72-46-62(22-27-78(72)88)67-41-55(7)34-56(8)42-67/h9-48H,1-8H3. The van der Waals surface area contributed by atoms with Crippen LogP contribution in [0.15, 0.2) is 243 Å². The van der Waals surface area contributed by atoms with Crippen molar-refractivity contribution in [1.29, 1.82) is 0 Å². The maximum Gasteiger partial charge on any atom is 0.164 e. The quantitative estimate of drug-likeness (QED) is 0.137. The number of hydrogen-bond acceptors (Lipinski definition) is 4. The average molecular weight is 1130 g/mol. The summed E-state index contributed by atoms with van der Waals surface area (Å²) in [7, 11) is 0. The highest BCUT2D eigenvalue weighted by atomic mass is 15.0. The Hall–Kier alpha value is -10.8. The fourth-order valence-electron chi connectivity index (χ4n) is 13.6. The number of aryl methyl sites for hydroxylation is 8. The van der Waals surface area contributed by atoms with Crippen LogP contribution < -0.4 is 0 Å². The van der Waals surface area contributed by atoms with Gasteiger partial charge >= 0.3 is 0 Å². The zero-order chi connectivity index (χ0) is 59.9. The zero-order valence-corrected chi connectivity index (χ0v) is 50.8. The van der Waals surface area contributed by atoms with Crippen molar-refractivity contribution in [3.63, 3.8) is 0 Å². The van der Waals surface area contributed by atoms with E-state index in [1.165, 1.54) is 99.8 Å². The van der Waals surface area contributed by atoms with Crippen LogP contribution in [0.4, 0.5) is 0 Å². The predicted molar refractivity (Wildman–Crippen MR) is 368 cm³/mol. The molecule has 6 nitrogen and oxygen atoms in total. The summed E-state index contributed by atoms with van der Waals surface area (Å²) in [4.78, 5) is 21.0. The Morgan fingerprint density at radius 2 is 0.580 bits per heavy atom. The molecule has 0 radical (unpaired) electrons.